The third-order valence-corrected chi connectivity index (χ3v) is 8.08. The largest absolute Gasteiger partial charge is 0.444 e. The number of hydrogen-bond acceptors (Lipinski definition) is 6. The average molecular weight is 556 g/mol. The Morgan fingerprint density at radius 3 is 2.67 bits per heavy atom. The van der Waals surface area contributed by atoms with Crippen LogP contribution in [0.25, 0.3) is 6.08 Å². The van der Waals surface area contributed by atoms with Gasteiger partial charge in [-0.05, 0) is 69.0 Å². The zero-order valence-electron chi connectivity index (χ0n) is 20.1. The van der Waals surface area contributed by atoms with Gasteiger partial charge in [0.05, 0.1) is 10.0 Å². The number of fused-ring (bicyclic) bond motifs is 1. The van der Waals surface area contributed by atoms with Gasteiger partial charge in [-0.2, -0.15) is 4.72 Å². The first kappa shape index (κ1) is 26.6. The van der Waals surface area contributed by atoms with Gasteiger partial charge in [0.15, 0.2) is 5.82 Å². The number of carbonyl (C=O) groups is 2. The average Bonchev–Trinajstić information content (AvgIpc) is 3.36. The van der Waals surface area contributed by atoms with E-state index in [1.54, 1.807) is 39.0 Å². The Balaban J connectivity index is 1.44. The summed E-state index contributed by atoms with van der Waals surface area (Å²) in [7, 11) is -3.90. The molecule has 1 N–H and O–H groups in total. The molecule has 2 aromatic rings. The van der Waals surface area contributed by atoms with Crippen LogP contribution in [0.5, 0.6) is 0 Å². The molecule has 0 saturated carbocycles. The summed E-state index contributed by atoms with van der Waals surface area (Å²) in [6.45, 7) is 6.03. The molecule has 8 nitrogen and oxygen atoms in total. The number of halogens is 2. The van der Waals surface area contributed by atoms with E-state index in [1.165, 1.54) is 33.3 Å². The highest BCUT2D eigenvalue weighted by Gasteiger charge is 2.37. The van der Waals surface area contributed by atoms with Crippen molar-refractivity contribution >= 4 is 56.7 Å². The van der Waals surface area contributed by atoms with Gasteiger partial charge in [-0.15, -0.1) is 11.3 Å². The van der Waals surface area contributed by atoms with Crippen molar-refractivity contribution in [3.05, 3.63) is 55.8 Å². The van der Waals surface area contributed by atoms with Gasteiger partial charge in [0.25, 0.3) is 0 Å². The minimum atomic E-state index is -3.90. The summed E-state index contributed by atoms with van der Waals surface area (Å²) in [4.78, 5) is 28.8. The summed E-state index contributed by atoms with van der Waals surface area (Å²) in [6.07, 6.45) is 1.43. The van der Waals surface area contributed by atoms with Crippen molar-refractivity contribution < 1.29 is 27.1 Å². The van der Waals surface area contributed by atoms with Crippen LogP contribution in [0.1, 0.15) is 43.2 Å². The predicted octanol–water partition coefficient (Wildman–Crippen LogP) is 4.53. The number of ether oxygens (including phenoxy) is 1. The molecule has 0 unspecified atom stereocenters. The molecule has 12 heteroatoms. The maximum absolute atomic E-state index is 15.5. The molecule has 2 aliphatic heterocycles. The summed E-state index contributed by atoms with van der Waals surface area (Å²) in [5.74, 6) is -1.04. The Morgan fingerprint density at radius 2 is 2.00 bits per heavy atom. The second-order valence-corrected chi connectivity index (χ2v) is 13.0. The lowest BCUT2D eigenvalue weighted by Gasteiger charge is -2.32. The van der Waals surface area contributed by atoms with Gasteiger partial charge in [0, 0.05) is 29.9 Å². The van der Waals surface area contributed by atoms with Crippen molar-refractivity contribution in [1.29, 1.82) is 0 Å². The molecule has 3 heterocycles. The molecule has 2 aliphatic rings. The number of sulfonamides is 1. The van der Waals surface area contributed by atoms with E-state index >= 15 is 4.39 Å². The molecular formula is C24H27ClFN3O5S2. The van der Waals surface area contributed by atoms with Crippen LogP contribution >= 0.6 is 22.9 Å². The lowest BCUT2D eigenvalue weighted by atomic mass is 9.98. The van der Waals surface area contributed by atoms with Crippen LogP contribution in [0, 0.1) is 5.82 Å². The van der Waals surface area contributed by atoms with Crippen molar-refractivity contribution in [2.45, 2.75) is 51.8 Å². The van der Waals surface area contributed by atoms with Crippen molar-refractivity contribution in [2.75, 3.05) is 18.0 Å². The molecular weight excluding hydrogens is 529 g/mol. The standard InChI is InChI=1S/C24H27ClFN3O5S2/c1-24(2,3)34-23(31)28-11-8-17-15(14-28)4-6-19(21(17)26)29-12-9-18(22(29)30)27-36(32,33)13-10-16-5-7-20(25)35-16/h4-7,10,13,18,27H,8-9,11-12,14H2,1-3H3/b13-10+/t18-/m0/s1. The van der Waals surface area contributed by atoms with Gasteiger partial charge in [-0.3, -0.25) is 4.79 Å². The lowest BCUT2D eigenvalue weighted by Crippen LogP contribution is -2.41. The number of hydrogen-bond donors (Lipinski definition) is 1. The Morgan fingerprint density at radius 1 is 1.25 bits per heavy atom. The number of carbonyl (C=O) groups excluding carboxylic acids is 2. The Hall–Kier alpha value is -2.47. The van der Waals surface area contributed by atoms with Gasteiger partial charge in [-0.25, -0.2) is 17.6 Å². The van der Waals surface area contributed by atoms with Crippen LogP contribution in [0.3, 0.4) is 0 Å². The maximum atomic E-state index is 15.5. The monoisotopic (exact) mass is 555 g/mol. The summed E-state index contributed by atoms with van der Waals surface area (Å²) in [5, 5.41) is 0.987. The molecule has 0 spiro atoms. The summed E-state index contributed by atoms with van der Waals surface area (Å²) >= 11 is 7.08. The first-order chi connectivity index (χ1) is 16.8. The summed E-state index contributed by atoms with van der Waals surface area (Å²) < 4.78 is 48.7. The molecule has 4 rings (SSSR count). The van der Waals surface area contributed by atoms with E-state index < -0.39 is 39.5 Å². The fourth-order valence-corrected chi connectivity index (χ4v) is 6.20. The molecule has 1 atom stereocenters. The zero-order valence-corrected chi connectivity index (χ0v) is 22.5. The number of nitrogens with one attached hydrogen (secondary N) is 1. The van der Waals surface area contributed by atoms with Crippen LogP contribution in [0.2, 0.25) is 4.34 Å². The van der Waals surface area contributed by atoms with Crippen LogP contribution in [0.15, 0.2) is 29.7 Å². The van der Waals surface area contributed by atoms with E-state index in [-0.39, 0.29) is 31.6 Å². The first-order valence-electron chi connectivity index (χ1n) is 11.4. The molecule has 2 amide bonds. The van der Waals surface area contributed by atoms with Gasteiger partial charge in [0.1, 0.15) is 11.6 Å². The minimum Gasteiger partial charge on any atom is -0.444 e. The molecule has 1 aromatic carbocycles. The second-order valence-electron chi connectivity index (χ2n) is 9.63. The molecule has 1 aromatic heterocycles. The maximum Gasteiger partial charge on any atom is 0.410 e. The van der Waals surface area contributed by atoms with Gasteiger partial charge in [0.2, 0.25) is 15.9 Å². The molecule has 0 bridgehead atoms. The Bertz CT molecular complexity index is 1320. The number of amides is 2. The van der Waals surface area contributed by atoms with E-state index in [0.717, 1.165) is 5.41 Å². The molecule has 0 radical (unpaired) electrons. The number of anilines is 1. The third kappa shape index (κ3) is 6.08. The van der Waals surface area contributed by atoms with Gasteiger partial charge >= 0.3 is 6.09 Å². The molecule has 36 heavy (non-hydrogen) atoms. The lowest BCUT2D eigenvalue weighted by molar-refractivity contribution is -0.118. The first-order valence-corrected chi connectivity index (χ1v) is 14.1. The van der Waals surface area contributed by atoms with Crippen LogP contribution in [-0.2, 0) is 32.5 Å². The number of benzene rings is 1. The van der Waals surface area contributed by atoms with Gasteiger partial charge in [-0.1, -0.05) is 17.7 Å². The molecule has 1 fully saturated rings. The second kappa shape index (κ2) is 10.1. The van der Waals surface area contributed by atoms with E-state index in [0.29, 0.717) is 26.9 Å². The van der Waals surface area contributed by atoms with Crippen LogP contribution < -0.4 is 9.62 Å². The Kier molecular flexibility index (Phi) is 7.47. The highest BCUT2D eigenvalue weighted by atomic mass is 35.5. The summed E-state index contributed by atoms with van der Waals surface area (Å²) in [5.41, 5.74) is 0.571. The van der Waals surface area contributed by atoms with Crippen molar-refractivity contribution in [3.8, 4) is 0 Å². The fourth-order valence-electron chi connectivity index (χ4n) is 4.13. The van der Waals surface area contributed by atoms with Crippen LogP contribution in [0.4, 0.5) is 14.9 Å². The van der Waals surface area contributed by atoms with Crippen molar-refractivity contribution in [3.63, 3.8) is 0 Å². The third-order valence-electron chi connectivity index (χ3n) is 5.77. The van der Waals surface area contributed by atoms with E-state index in [1.807, 2.05) is 0 Å². The molecule has 0 aliphatic carbocycles. The van der Waals surface area contributed by atoms with Gasteiger partial charge < -0.3 is 14.5 Å². The fraction of sp³-hybridized carbons (Fsp3) is 0.417. The highest BCUT2D eigenvalue weighted by Crippen LogP contribution is 2.32. The van der Waals surface area contributed by atoms with E-state index in [2.05, 4.69) is 4.72 Å². The van der Waals surface area contributed by atoms with E-state index in [9.17, 15) is 18.0 Å². The summed E-state index contributed by atoms with van der Waals surface area (Å²) in [6, 6.07) is 5.55. The number of nitrogens with zero attached hydrogens (tertiary/aromatic N) is 2. The number of thiophene rings is 1. The predicted molar refractivity (Wildman–Crippen MR) is 138 cm³/mol. The zero-order chi connectivity index (χ0) is 26.3. The highest BCUT2D eigenvalue weighted by molar-refractivity contribution is 7.92. The molecule has 1 saturated heterocycles. The van der Waals surface area contributed by atoms with Crippen molar-refractivity contribution in [1.82, 2.24) is 9.62 Å². The smallest absolute Gasteiger partial charge is 0.410 e. The SMILES string of the molecule is CC(C)(C)OC(=O)N1CCc2c(ccc(N3CC[C@H](NS(=O)(=O)/C=C/c4ccc(Cl)s4)C3=O)c2F)C1. The van der Waals surface area contributed by atoms with Crippen LogP contribution in [-0.4, -0.2) is 50.1 Å². The topological polar surface area (TPSA) is 96.0 Å². The number of rotatable bonds is 5. The Labute approximate surface area is 218 Å². The van der Waals surface area contributed by atoms with E-state index in [4.69, 9.17) is 16.3 Å². The quantitative estimate of drug-likeness (QED) is 0.585. The normalized spacial score (nSPS) is 18.7. The molecule has 194 valence electrons. The minimum absolute atomic E-state index is 0.106. The van der Waals surface area contributed by atoms with Crippen molar-refractivity contribution in [2.24, 2.45) is 0 Å².